The Balaban J connectivity index is 2.07. The highest BCUT2D eigenvalue weighted by Gasteiger charge is 2.10. The van der Waals surface area contributed by atoms with Gasteiger partial charge in [-0.1, -0.05) is 15.9 Å². The monoisotopic (exact) mass is 397 g/mol. The zero-order chi connectivity index (χ0) is 14.1. The lowest BCUT2D eigenvalue weighted by molar-refractivity contribution is 1.08. The van der Waals surface area contributed by atoms with Crippen LogP contribution in [0.3, 0.4) is 0 Å². The van der Waals surface area contributed by atoms with E-state index in [1.807, 2.05) is 18.2 Å². The Hall–Kier alpha value is -1.71. The van der Waals surface area contributed by atoms with E-state index >= 15 is 0 Å². The fourth-order valence-corrected chi connectivity index (χ4v) is 2.86. The second kappa shape index (κ2) is 5.35. The van der Waals surface area contributed by atoms with Gasteiger partial charge in [-0.15, -0.1) is 0 Å². The van der Waals surface area contributed by atoms with Crippen molar-refractivity contribution in [2.75, 3.05) is 10.7 Å². The highest BCUT2D eigenvalue weighted by atomic mass is 79.9. The number of benzene rings is 1. The van der Waals surface area contributed by atoms with Crippen LogP contribution in [0.15, 0.2) is 33.3 Å². The van der Waals surface area contributed by atoms with Gasteiger partial charge in [0.1, 0.15) is 5.82 Å². The van der Waals surface area contributed by atoms with Crippen molar-refractivity contribution in [2.24, 2.45) is 5.84 Å². The summed E-state index contributed by atoms with van der Waals surface area (Å²) in [6.45, 7) is 0. The van der Waals surface area contributed by atoms with E-state index in [1.165, 1.54) is 0 Å². The summed E-state index contributed by atoms with van der Waals surface area (Å²) >= 11 is 6.91. The van der Waals surface area contributed by atoms with Crippen LogP contribution in [0.4, 0.5) is 17.5 Å². The molecule has 3 aromatic rings. The third kappa shape index (κ3) is 2.47. The molecule has 0 amide bonds. The fourth-order valence-electron chi connectivity index (χ4n) is 1.71. The van der Waals surface area contributed by atoms with Gasteiger partial charge < -0.3 is 5.32 Å². The fraction of sp³-hybridized carbons (Fsp3) is 0. The average molecular weight is 399 g/mol. The Labute approximate surface area is 130 Å². The van der Waals surface area contributed by atoms with Gasteiger partial charge in [-0.3, -0.25) is 10.5 Å². The van der Waals surface area contributed by atoms with Gasteiger partial charge >= 0.3 is 0 Å². The minimum atomic E-state index is 0.303. The van der Waals surface area contributed by atoms with Crippen molar-refractivity contribution in [3.63, 3.8) is 0 Å². The van der Waals surface area contributed by atoms with Crippen LogP contribution in [-0.4, -0.2) is 20.2 Å². The van der Waals surface area contributed by atoms with Crippen molar-refractivity contribution in [3.05, 3.63) is 33.3 Å². The van der Waals surface area contributed by atoms with Crippen molar-refractivity contribution in [1.29, 1.82) is 0 Å². The number of nitrogens with two attached hydrogens (primary N) is 1. The number of fused-ring (bicyclic) bond motifs is 1. The first-order valence-corrected chi connectivity index (χ1v) is 7.16. The molecule has 0 spiro atoms. The summed E-state index contributed by atoms with van der Waals surface area (Å²) in [5.41, 5.74) is 3.90. The zero-order valence-electron chi connectivity index (χ0n) is 9.98. The van der Waals surface area contributed by atoms with Crippen LogP contribution < -0.4 is 16.6 Å². The Kier molecular flexibility index (Phi) is 3.55. The first-order chi connectivity index (χ1) is 9.67. The molecule has 0 radical (unpaired) electrons. The molecule has 0 aliphatic rings. The van der Waals surface area contributed by atoms with Gasteiger partial charge in [-0.05, 0) is 34.1 Å². The summed E-state index contributed by atoms with van der Waals surface area (Å²) in [5, 5.41) is 10.8. The number of aromatic nitrogens is 4. The number of hydrogen-bond acceptors (Lipinski definition) is 6. The molecular weight excluding hydrogens is 390 g/mol. The number of hydrazine groups is 1. The summed E-state index contributed by atoms with van der Waals surface area (Å²) in [4.78, 5) is 8.47. The van der Waals surface area contributed by atoms with Gasteiger partial charge in [-0.2, -0.15) is 15.1 Å². The minimum absolute atomic E-state index is 0.303. The predicted molar refractivity (Wildman–Crippen MR) is 84.6 cm³/mol. The van der Waals surface area contributed by atoms with Crippen LogP contribution in [0.1, 0.15) is 0 Å². The van der Waals surface area contributed by atoms with Crippen molar-refractivity contribution >= 4 is 60.3 Å². The molecule has 9 heteroatoms. The molecule has 0 aliphatic heterocycles. The average Bonchev–Trinajstić information content (AvgIpc) is 2.90. The lowest BCUT2D eigenvalue weighted by Crippen LogP contribution is -2.11. The molecule has 0 saturated heterocycles. The van der Waals surface area contributed by atoms with Crippen LogP contribution in [-0.2, 0) is 0 Å². The van der Waals surface area contributed by atoms with E-state index in [-0.39, 0.29) is 0 Å². The number of rotatable bonds is 3. The molecule has 0 atom stereocenters. The van der Waals surface area contributed by atoms with Crippen LogP contribution in [0.25, 0.3) is 11.0 Å². The third-order valence-electron chi connectivity index (χ3n) is 2.62. The molecular formula is C11H9Br2N7. The first kappa shape index (κ1) is 13.3. The van der Waals surface area contributed by atoms with Crippen molar-refractivity contribution in [1.82, 2.24) is 20.2 Å². The molecule has 0 fully saturated rings. The van der Waals surface area contributed by atoms with Crippen molar-refractivity contribution in [2.45, 2.75) is 0 Å². The maximum absolute atomic E-state index is 5.37. The van der Waals surface area contributed by atoms with Gasteiger partial charge in [0.25, 0.3) is 0 Å². The maximum Gasteiger partial charge on any atom is 0.241 e. The summed E-state index contributed by atoms with van der Waals surface area (Å²) in [6, 6.07) is 5.80. The largest absolute Gasteiger partial charge is 0.339 e. The molecule has 102 valence electrons. The van der Waals surface area contributed by atoms with Gasteiger partial charge in [0.05, 0.1) is 17.3 Å². The Bertz CT molecular complexity index is 771. The molecule has 0 bridgehead atoms. The topological polar surface area (TPSA) is 105 Å². The van der Waals surface area contributed by atoms with Crippen LogP contribution in [0.2, 0.25) is 0 Å². The lowest BCUT2D eigenvalue weighted by Gasteiger charge is -2.10. The number of halogens is 2. The molecule has 5 N–H and O–H groups in total. The highest BCUT2D eigenvalue weighted by Crippen LogP contribution is 2.30. The van der Waals surface area contributed by atoms with E-state index in [9.17, 15) is 0 Å². The summed E-state index contributed by atoms with van der Waals surface area (Å²) in [6.07, 6.45) is 1.66. The molecule has 7 nitrogen and oxygen atoms in total. The van der Waals surface area contributed by atoms with E-state index in [1.54, 1.807) is 6.20 Å². The Morgan fingerprint density at radius 2 is 2.05 bits per heavy atom. The molecule has 0 unspecified atom stereocenters. The number of H-pyrrole nitrogens is 1. The van der Waals surface area contributed by atoms with E-state index in [2.05, 4.69) is 62.8 Å². The number of nitrogens with zero attached hydrogens (tertiary/aromatic N) is 3. The van der Waals surface area contributed by atoms with E-state index < -0.39 is 0 Å². The van der Waals surface area contributed by atoms with E-state index in [4.69, 9.17) is 5.84 Å². The number of hydrogen-bond donors (Lipinski definition) is 4. The van der Waals surface area contributed by atoms with Crippen LogP contribution in [0.5, 0.6) is 0 Å². The quantitative estimate of drug-likeness (QED) is 0.399. The smallest absolute Gasteiger partial charge is 0.241 e. The second-order valence-electron chi connectivity index (χ2n) is 3.92. The zero-order valence-corrected chi connectivity index (χ0v) is 13.2. The van der Waals surface area contributed by atoms with Crippen molar-refractivity contribution < 1.29 is 0 Å². The number of nitrogens with one attached hydrogen (secondary N) is 3. The highest BCUT2D eigenvalue weighted by molar-refractivity contribution is 9.11. The van der Waals surface area contributed by atoms with Gasteiger partial charge in [0, 0.05) is 8.95 Å². The lowest BCUT2D eigenvalue weighted by atomic mass is 10.3. The Morgan fingerprint density at radius 3 is 2.80 bits per heavy atom. The second-order valence-corrected chi connectivity index (χ2v) is 5.69. The summed E-state index contributed by atoms with van der Waals surface area (Å²) in [7, 11) is 0. The third-order valence-corrected chi connectivity index (χ3v) is 3.77. The molecule has 2 aromatic heterocycles. The van der Waals surface area contributed by atoms with Crippen LogP contribution >= 0.6 is 31.9 Å². The molecule has 0 saturated carbocycles. The SMILES string of the molecule is NNc1nc(Nc2ccc(Br)cc2Br)c2cn[nH]c2n1. The number of anilines is 3. The van der Waals surface area contributed by atoms with Gasteiger partial charge in [0.15, 0.2) is 5.65 Å². The Morgan fingerprint density at radius 1 is 1.20 bits per heavy atom. The number of aromatic amines is 1. The summed E-state index contributed by atoms with van der Waals surface area (Å²) < 4.78 is 1.89. The van der Waals surface area contributed by atoms with Gasteiger partial charge in [0.2, 0.25) is 5.95 Å². The van der Waals surface area contributed by atoms with Crippen LogP contribution in [0, 0.1) is 0 Å². The minimum Gasteiger partial charge on any atom is -0.339 e. The number of nitrogen functional groups attached to an aromatic ring is 1. The van der Waals surface area contributed by atoms with Crippen molar-refractivity contribution in [3.8, 4) is 0 Å². The molecule has 3 rings (SSSR count). The normalized spacial score (nSPS) is 10.8. The van der Waals surface area contributed by atoms with E-state index in [0.29, 0.717) is 17.4 Å². The molecule has 1 aromatic carbocycles. The molecule has 0 aliphatic carbocycles. The predicted octanol–water partition coefficient (Wildman–Crippen LogP) is 2.91. The van der Waals surface area contributed by atoms with Gasteiger partial charge in [-0.25, -0.2) is 5.84 Å². The van der Waals surface area contributed by atoms with E-state index in [0.717, 1.165) is 20.0 Å². The molecule has 20 heavy (non-hydrogen) atoms. The molecule has 2 heterocycles. The summed E-state index contributed by atoms with van der Waals surface area (Å²) in [5.74, 6) is 6.28. The first-order valence-electron chi connectivity index (χ1n) is 5.57. The maximum atomic E-state index is 5.37. The standard InChI is InChI=1S/C11H9Br2N7/c12-5-1-2-8(7(13)3-5)16-9-6-4-15-20-10(6)18-11(17-9)19-14/h1-4H,14H2,(H3,15,16,17,18,19,20).